The van der Waals surface area contributed by atoms with Crippen molar-refractivity contribution in [3.8, 4) is 12.3 Å². The van der Waals surface area contributed by atoms with E-state index in [1.54, 1.807) is 6.07 Å². The Bertz CT molecular complexity index is 438. The van der Waals surface area contributed by atoms with Gasteiger partial charge in [-0.25, -0.2) is 4.39 Å². The van der Waals surface area contributed by atoms with Gasteiger partial charge >= 0.3 is 0 Å². The summed E-state index contributed by atoms with van der Waals surface area (Å²) >= 11 is 1.53. The van der Waals surface area contributed by atoms with Gasteiger partial charge in [-0.1, -0.05) is 23.6 Å². The van der Waals surface area contributed by atoms with E-state index < -0.39 is 4.75 Å². The molecule has 2 heteroatoms. The van der Waals surface area contributed by atoms with E-state index in [1.807, 2.05) is 32.2 Å². The molecule has 84 valence electrons. The van der Waals surface area contributed by atoms with Crippen LogP contribution in [0.4, 0.5) is 4.39 Å². The highest BCUT2D eigenvalue weighted by Gasteiger charge is 2.23. The molecular formula is C14H15FS. The Morgan fingerprint density at radius 3 is 2.69 bits per heavy atom. The summed E-state index contributed by atoms with van der Waals surface area (Å²) in [7, 11) is 0. The van der Waals surface area contributed by atoms with Gasteiger partial charge in [0, 0.05) is 0 Å². The normalized spacial score (nSPS) is 13.7. The molecule has 16 heavy (non-hydrogen) atoms. The van der Waals surface area contributed by atoms with Crippen LogP contribution in [0.1, 0.15) is 26.3 Å². The topological polar surface area (TPSA) is 0 Å². The molecule has 0 aliphatic rings. The van der Waals surface area contributed by atoms with Crippen molar-refractivity contribution in [3.05, 3.63) is 46.6 Å². The molecule has 1 atom stereocenters. The lowest BCUT2D eigenvalue weighted by molar-refractivity contribution is 0.624. The molecule has 0 aromatic heterocycles. The van der Waals surface area contributed by atoms with Crippen molar-refractivity contribution in [2.75, 3.05) is 0 Å². The third-order valence-electron chi connectivity index (χ3n) is 2.18. The van der Waals surface area contributed by atoms with Crippen LogP contribution < -0.4 is 0 Å². The van der Waals surface area contributed by atoms with E-state index in [2.05, 4.69) is 5.92 Å². The highest BCUT2D eigenvalue weighted by atomic mass is 32.2. The summed E-state index contributed by atoms with van der Waals surface area (Å²) < 4.78 is 12.6. The van der Waals surface area contributed by atoms with Crippen molar-refractivity contribution >= 4 is 11.8 Å². The summed E-state index contributed by atoms with van der Waals surface area (Å²) in [6, 6.07) is 6.45. The van der Waals surface area contributed by atoms with Crippen LogP contribution in [0.25, 0.3) is 0 Å². The van der Waals surface area contributed by atoms with Gasteiger partial charge in [0.1, 0.15) is 10.6 Å². The first-order valence-electron chi connectivity index (χ1n) is 5.03. The van der Waals surface area contributed by atoms with Crippen LogP contribution >= 0.6 is 11.8 Å². The number of rotatable bonds is 3. The minimum absolute atomic E-state index is 0.253. The molecule has 1 rings (SSSR count). The van der Waals surface area contributed by atoms with Crippen molar-refractivity contribution in [1.82, 2.24) is 0 Å². The zero-order valence-electron chi connectivity index (χ0n) is 9.75. The van der Waals surface area contributed by atoms with Gasteiger partial charge in [0.2, 0.25) is 0 Å². The summed E-state index contributed by atoms with van der Waals surface area (Å²) in [5.74, 6) is 2.48. The highest BCUT2D eigenvalue weighted by Crippen LogP contribution is 2.37. The van der Waals surface area contributed by atoms with Crippen LogP contribution in [0.2, 0.25) is 0 Å². The summed E-state index contributed by atoms with van der Waals surface area (Å²) in [5.41, 5.74) is 2.00. The molecule has 1 aromatic rings. The summed E-state index contributed by atoms with van der Waals surface area (Å²) in [5, 5.41) is 2.00. The maximum Gasteiger partial charge on any atom is 0.123 e. The van der Waals surface area contributed by atoms with Crippen molar-refractivity contribution in [2.45, 2.75) is 25.5 Å². The van der Waals surface area contributed by atoms with Gasteiger partial charge in [0.05, 0.1) is 0 Å². The molecule has 0 radical (unpaired) electrons. The molecule has 0 saturated carbocycles. The number of terminal acetylenes is 1. The van der Waals surface area contributed by atoms with E-state index in [-0.39, 0.29) is 5.82 Å². The van der Waals surface area contributed by atoms with Crippen molar-refractivity contribution < 1.29 is 4.39 Å². The maximum absolute atomic E-state index is 13.1. The first-order chi connectivity index (χ1) is 7.48. The first-order valence-corrected chi connectivity index (χ1v) is 5.91. The lowest BCUT2D eigenvalue weighted by Gasteiger charge is -2.22. The maximum atomic E-state index is 13.1. The van der Waals surface area contributed by atoms with E-state index in [0.717, 1.165) is 5.56 Å². The standard InChI is InChI=1S/C14H15FS/c1-5-14(4,16-10-11(2)3)12-7-6-8-13(15)9-12/h1,6-10H,2-4H3. The number of hydrogen-bond donors (Lipinski definition) is 0. The number of benzene rings is 1. The number of allylic oxidation sites excluding steroid dienone is 1. The van der Waals surface area contributed by atoms with E-state index in [9.17, 15) is 4.39 Å². The van der Waals surface area contributed by atoms with Crippen molar-refractivity contribution in [2.24, 2.45) is 0 Å². The third-order valence-corrected chi connectivity index (χ3v) is 3.60. The summed E-state index contributed by atoms with van der Waals surface area (Å²) in [6.07, 6.45) is 5.55. The molecule has 0 N–H and O–H groups in total. The predicted octanol–water partition coefficient (Wildman–Crippen LogP) is 4.33. The minimum atomic E-state index is -0.515. The summed E-state index contributed by atoms with van der Waals surface area (Å²) in [4.78, 5) is 0. The summed E-state index contributed by atoms with van der Waals surface area (Å²) in [6.45, 7) is 5.94. The zero-order chi connectivity index (χ0) is 12.2. The monoisotopic (exact) mass is 234 g/mol. The SMILES string of the molecule is C#CC(C)(SC=C(C)C)c1cccc(F)c1. The molecule has 0 nitrogen and oxygen atoms in total. The lowest BCUT2D eigenvalue weighted by atomic mass is 10.0. The Morgan fingerprint density at radius 2 is 2.19 bits per heavy atom. The van der Waals surface area contributed by atoms with Gasteiger partial charge in [-0.05, 0) is 43.9 Å². The second kappa shape index (κ2) is 5.23. The molecule has 0 fully saturated rings. The Morgan fingerprint density at radius 1 is 1.50 bits per heavy atom. The van der Waals surface area contributed by atoms with Gasteiger partial charge in [0.15, 0.2) is 0 Å². The van der Waals surface area contributed by atoms with Gasteiger partial charge < -0.3 is 0 Å². The Kier molecular flexibility index (Phi) is 4.20. The van der Waals surface area contributed by atoms with E-state index >= 15 is 0 Å². The minimum Gasteiger partial charge on any atom is -0.207 e. The molecular weight excluding hydrogens is 219 g/mol. The van der Waals surface area contributed by atoms with Crippen LogP contribution in [-0.2, 0) is 4.75 Å². The Labute approximate surface area is 101 Å². The predicted molar refractivity (Wildman–Crippen MR) is 69.6 cm³/mol. The fourth-order valence-corrected chi connectivity index (χ4v) is 2.01. The van der Waals surface area contributed by atoms with Crippen LogP contribution in [0.15, 0.2) is 35.2 Å². The lowest BCUT2D eigenvalue weighted by Crippen LogP contribution is -2.13. The fraction of sp³-hybridized carbons (Fsp3) is 0.286. The molecule has 1 unspecified atom stereocenters. The van der Waals surface area contributed by atoms with Crippen molar-refractivity contribution in [1.29, 1.82) is 0 Å². The quantitative estimate of drug-likeness (QED) is 0.701. The molecule has 0 amide bonds. The second-order valence-electron chi connectivity index (χ2n) is 4.00. The van der Waals surface area contributed by atoms with Crippen LogP contribution in [-0.4, -0.2) is 0 Å². The van der Waals surface area contributed by atoms with E-state index in [4.69, 9.17) is 6.42 Å². The van der Waals surface area contributed by atoms with Gasteiger partial charge in [-0.3, -0.25) is 0 Å². The Balaban J connectivity index is 3.06. The van der Waals surface area contributed by atoms with E-state index in [1.165, 1.54) is 29.5 Å². The number of thioether (sulfide) groups is 1. The molecule has 0 saturated heterocycles. The van der Waals surface area contributed by atoms with Gasteiger partial charge in [0.25, 0.3) is 0 Å². The second-order valence-corrected chi connectivity index (χ2v) is 5.29. The van der Waals surface area contributed by atoms with E-state index in [0.29, 0.717) is 0 Å². The van der Waals surface area contributed by atoms with Gasteiger partial charge in [-0.2, -0.15) is 0 Å². The average molecular weight is 234 g/mol. The Hall–Kier alpha value is -1.20. The average Bonchev–Trinajstić information content (AvgIpc) is 2.26. The van der Waals surface area contributed by atoms with Crippen LogP contribution in [0, 0.1) is 18.2 Å². The smallest absolute Gasteiger partial charge is 0.123 e. The van der Waals surface area contributed by atoms with Gasteiger partial charge in [-0.15, -0.1) is 18.2 Å². The molecule has 0 aliphatic carbocycles. The molecule has 0 aliphatic heterocycles. The van der Waals surface area contributed by atoms with Crippen molar-refractivity contribution in [3.63, 3.8) is 0 Å². The number of hydrogen-bond acceptors (Lipinski definition) is 1. The third kappa shape index (κ3) is 3.15. The highest BCUT2D eigenvalue weighted by molar-refractivity contribution is 8.03. The van der Waals surface area contributed by atoms with Crippen LogP contribution in [0.3, 0.4) is 0 Å². The molecule has 0 spiro atoms. The molecule has 0 heterocycles. The first kappa shape index (κ1) is 12.9. The largest absolute Gasteiger partial charge is 0.207 e. The molecule has 1 aromatic carbocycles. The van der Waals surface area contributed by atoms with Crippen LogP contribution in [0.5, 0.6) is 0 Å². The number of halogens is 1. The fourth-order valence-electron chi connectivity index (χ4n) is 1.21. The molecule has 0 bridgehead atoms. The zero-order valence-corrected chi connectivity index (χ0v) is 10.6.